The molecule has 0 aliphatic carbocycles. The van der Waals surface area contributed by atoms with Gasteiger partial charge in [-0.05, 0) is 55.9 Å². The molecular weight excluding hydrogens is 526 g/mol. The highest BCUT2D eigenvalue weighted by Crippen LogP contribution is 2.48. The first-order chi connectivity index (χ1) is 21.3. The van der Waals surface area contributed by atoms with Crippen molar-refractivity contribution in [1.29, 1.82) is 0 Å². The molecule has 4 nitrogen and oxygen atoms in total. The molecule has 4 heteroatoms. The van der Waals surface area contributed by atoms with E-state index in [2.05, 4.69) is 97.1 Å². The second kappa shape index (κ2) is 8.34. The van der Waals surface area contributed by atoms with Crippen molar-refractivity contribution in [3.63, 3.8) is 0 Å². The van der Waals surface area contributed by atoms with Gasteiger partial charge in [0.25, 0.3) is 0 Å². The molecule has 8 aromatic carbocycles. The van der Waals surface area contributed by atoms with E-state index in [0.717, 1.165) is 38.6 Å². The SMILES string of the molecule is c1ccc(-c2nc(-c3ccc4ccccc4c3)nc(-c3ccc4c5cccc6ccc7ccc8oc3c4c8c7c65)n2)cc1. The third kappa shape index (κ3) is 3.18. The minimum Gasteiger partial charge on any atom is -0.455 e. The Labute approximate surface area is 245 Å². The van der Waals surface area contributed by atoms with E-state index in [1.165, 1.54) is 43.1 Å². The van der Waals surface area contributed by atoms with Gasteiger partial charge in [-0.25, -0.2) is 15.0 Å². The van der Waals surface area contributed by atoms with Gasteiger partial charge in [0.15, 0.2) is 17.5 Å². The zero-order chi connectivity index (χ0) is 28.1. The van der Waals surface area contributed by atoms with Gasteiger partial charge in [-0.2, -0.15) is 0 Å². The maximum Gasteiger partial charge on any atom is 0.167 e. The summed E-state index contributed by atoms with van der Waals surface area (Å²) < 4.78 is 6.71. The molecule has 0 amide bonds. The smallest absolute Gasteiger partial charge is 0.167 e. The summed E-state index contributed by atoms with van der Waals surface area (Å²) in [7, 11) is 0. The molecule has 10 rings (SSSR count). The first-order valence-corrected chi connectivity index (χ1v) is 14.5. The fourth-order valence-electron chi connectivity index (χ4n) is 6.85. The summed E-state index contributed by atoms with van der Waals surface area (Å²) in [6, 6.07) is 44.4. The minimum atomic E-state index is 0.593. The van der Waals surface area contributed by atoms with Gasteiger partial charge < -0.3 is 4.42 Å². The third-order valence-electron chi connectivity index (χ3n) is 8.81. The van der Waals surface area contributed by atoms with Crippen molar-refractivity contribution in [1.82, 2.24) is 15.0 Å². The van der Waals surface area contributed by atoms with E-state index in [1.807, 2.05) is 30.3 Å². The number of rotatable bonds is 3. The van der Waals surface area contributed by atoms with Crippen LogP contribution in [0.2, 0.25) is 0 Å². The lowest BCUT2D eigenvalue weighted by Gasteiger charge is -2.13. The zero-order valence-corrected chi connectivity index (χ0v) is 22.9. The van der Waals surface area contributed by atoms with Gasteiger partial charge in [0.1, 0.15) is 11.2 Å². The van der Waals surface area contributed by atoms with E-state index in [0.29, 0.717) is 17.5 Å². The lowest BCUT2D eigenvalue weighted by molar-refractivity contribution is 0.670. The van der Waals surface area contributed by atoms with E-state index in [9.17, 15) is 0 Å². The quantitative estimate of drug-likeness (QED) is 0.163. The van der Waals surface area contributed by atoms with Crippen LogP contribution in [0.3, 0.4) is 0 Å². The van der Waals surface area contributed by atoms with Gasteiger partial charge in [0.05, 0.1) is 5.56 Å². The molecule has 43 heavy (non-hydrogen) atoms. The molecule has 10 aromatic rings. The van der Waals surface area contributed by atoms with E-state index in [1.54, 1.807) is 0 Å². The van der Waals surface area contributed by atoms with Crippen molar-refractivity contribution in [2.24, 2.45) is 0 Å². The molecule has 0 unspecified atom stereocenters. The van der Waals surface area contributed by atoms with Crippen molar-refractivity contribution in [2.75, 3.05) is 0 Å². The average molecular weight is 548 g/mol. The molecule has 0 saturated heterocycles. The summed E-state index contributed by atoms with van der Waals surface area (Å²) in [5.41, 5.74) is 4.43. The Morgan fingerprint density at radius 2 is 1.07 bits per heavy atom. The van der Waals surface area contributed by atoms with Crippen LogP contribution in [0, 0.1) is 0 Å². The molecular formula is C39H21N3O. The molecule has 0 fully saturated rings. The Morgan fingerprint density at radius 3 is 1.95 bits per heavy atom. The Balaban J connectivity index is 1.29. The first-order valence-electron chi connectivity index (χ1n) is 14.5. The van der Waals surface area contributed by atoms with Crippen molar-refractivity contribution in [3.8, 4) is 34.2 Å². The third-order valence-corrected chi connectivity index (χ3v) is 8.81. The van der Waals surface area contributed by atoms with Crippen molar-refractivity contribution in [2.45, 2.75) is 0 Å². The molecule has 0 radical (unpaired) electrons. The molecule has 0 aliphatic rings. The molecule has 0 aliphatic heterocycles. The van der Waals surface area contributed by atoms with E-state index >= 15 is 0 Å². The molecule has 198 valence electrons. The molecule has 0 atom stereocenters. The number of benzene rings is 8. The van der Waals surface area contributed by atoms with Crippen molar-refractivity contribution in [3.05, 3.63) is 127 Å². The molecule has 0 saturated carbocycles. The number of nitrogens with zero attached hydrogens (tertiary/aromatic N) is 3. The normalized spacial score (nSPS) is 12.2. The van der Waals surface area contributed by atoms with Gasteiger partial charge in [-0.15, -0.1) is 0 Å². The number of hydrogen-bond acceptors (Lipinski definition) is 4. The molecule has 0 N–H and O–H groups in total. The lowest BCUT2D eigenvalue weighted by Crippen LogP contribution is -2.00. The van der Waals surface area contributed by atoms with Crippen LogP contribution in [0.1, 0.15) is 0 Å². The van der Waals surface area contributed by atoms with Gasteiger partial charge >= 0.3 is 0 Å². The molecule has 0 bridgehead atoms. The predicted octanol–water partition coefficient (Wildman–Crippen LogP) is 10.3. The van der Waals surface area contributed by atoms with Crippen molar-refractivity contribution < 1.29 is 4.42 Å². The van der Waals surface area contributed by atoms with Gasteiger partial charge in [0.2, 0.25) is 0 Å². The predicted molar refractivity (Wildman–Crippen MR) is 176 cm³/mol. The Hall–Kier alpha value is -5.87. The van der Waals surface area contributed by atoms with E-state index in [4.69, 9.17) is 19.4 Å². The first kappa shape index (κ1) is 22.8. The summed E-state index contributed by atoms with van der Waals surface area (Å²) >= 11 is 0. The van der Waals surface area contributed by atoms with Crippen LogP contribution >= 0.6 is 0 Å². The largest absolute Gasteiger partial charge is 0.455 e. The fraction of sp³-hybridized carbons (Fsp3) is 0. The lowest BCUT2D eigenvalue weighted by atomic mass is 9.89. The summed E-state index contributed by atoms with van der Waals surface area (Å²) in [5, 5.41) is 12.0. The van der Waals surface area contributed by atoms with Crippen LogP contribution in [-0.2, 0) is 0 Å². The second-order valence-electron chi connectivity index (χ2n) is 11.2. The molecule has 0 spiro atoms. The average Bonchev–Trinajstić information content (AvgIpc) is 3.47. The highest BCUT2D eigenvalue weighted by atomic mass is 16.3. The maximum absolute atomic E-state index is 6.71. The minimum absolute atomic E-state index is 0.593. The topological polar surface area (TPSA) is 51.8 Å². The standard InChI is InChI=1S/C39H21N3O/c1-2-8-25(9-3-1)37-40-38(27-16-13-22-7-4-5-10-26(22)21-27)42-39(41-37)30-19-18-29-28-12-6-11-23-14-15-24-17-20-31-35(33(24)32(23)28)34(29)36(30)43-31/h1-21H. The number of hydrogen-bond donors (Lipinski definition) is 0. The van der Waals surface area contributed by atoms with Crippen molar-refractivity contribution >= 4 is 65.0 Å². The van der Waals surface area contributed by atoms with Gasteiger partial charge in [0, 0.05) is 27.3 Å². The highest BCUT2D eigenvalue weighted by Gasteiger charge is 2.24. The summed E-state index contributed by atoms with van der Waals surface area (Å²) in [6.07, 6.45) is 0. The second-order valence-corrected chi connectivity index (χ2v) is 11.2. The van der Waals surface area contributed by atoms with Crippen LogP contribution in [0.5, 0.6) is 0 Å². The zero-order valence-electron chi connectivity index (χ0n) is 22.9. The number of fused-ring (bicyclic) bond motifs is 2. The highest BCUT2D eigenvalue weighted by molar-refractivity contribution is 6.39. The van der Waals surface area contributed by atoms with Crippen LogP contribution < -0.4 is 0 Å². The molecule has 2 heterocycles. The number of aromatic nitrogens is 3. The number of furan rings is 1. The molecule has 2 aromatic heterocycles. The summed E-state index contributed by atoms with van der Waals surface area (Å²) in [5.74, 6) is 1.86. The summed E-state index contributed by atoms with van der Waals surface area (Å²) in [4.78, 5) is 15.1. The van der Waals surface area contributed by atoms with Crippen LogP contribution in [0.25, 0.3) is 99.2 Å². The Kier molecular flexibility index (Phi) is 4.42. The monoisotopic (exact) mass is 547 g/mol. The summed E-state index contributed by atoms with van der Waals surface area (Å²) in [6.45, 7) is 0. The fourth-order valence-corrected chi connectivity index (χ4v) is 6.85. The van der Waals surface area contributed by atoms with Gasteiger partial charge in [-0.3, -0.25) is 0 Å². The Morgan fingerprint density at radius 1 is 0.395 bits per heavy atom. The Bertz CT molecular complexity index is 2670. The van der Waals surface area contributed by atoms with Crippen LogP contribution in [-0.4, -0.2) is 15.0 Å². The van der Waals surface area contributed by atoms with Crippen LogP contribution in [0.15, 0.2) is 132 Å². The van der Waals surface area contributed by atoms with Gasteiger partial charge in [-0.1, -0.05) is 109 Å². The van der Waals surface area contributed by atoms with E-state index < -0.39 is 0 Å². The van der Waals surface area contributed by atoms with Crippen LogP contribution in [0.4, 0.5) is 0 Å². The maximum atomic E-state index is 6.71. The van der Waals surface area contributed by atoms with E-state index in [-0.39, 0.29) is 0 Å².